The van der Waals surface area contributed by atoms with Crippen molar-refractivity contribution in [1.82, 2.24) is 0 Å². The zero-order valence-corrected chi connectivity index (χ0v) is 24.3. The Bertz CT molecular complexity index is 1120. The van der Waals surface area contributed by atoms with Crippen LogP contribution < -0.4 is 4.90 Å². The fraction of sp³-hybridized carbons (Fsp3) is 0.545. The first-order valence-corrected chi connectivity index (χ1v) is 15.5. The molecule has 3 saturated carbocycles. The first-order valence-electron chi connectivity index (χ1n) is 14.7. The van der Waals surface area contributed by atoms with Crippen molar-refractivity contribution in [2.75, 3.05) is 18.1 Å². The first-order chi connectivity index (χ1) is 19.0. The zero-order chi connectivity index (χ0) is 27.2. The van der Waals surface area contributed by atoms with Gasteiger partial charge in [-0.2, -0.15) is 0 Å². The molecule has 0 saturated heterocycles. The fourth-order valence-electron chi connectivity index (χ4n) is 7.24. The molecule has 39 heavy (non-hydrogen) atoms. The number of benzene rings is 2. The topological polar surface area (TPSA) is 70.0 Å². The van der Waals surface area contributed by atoms with Crippen molar-refractivity contribution in [1.29, 1.82) is 0 Å². The second-order valence-electron chi connectivity index (χ2n) is 11.9. The van der Waals surface area contributed by atoms with Crippen LogP contribution in [0.25, 0.3) is 0 Å². The van der Waals surface area contributed by atoms with Gasteiger partial charge in [-0.3, -0.25) is 4.79 Å². The molecular formula is C33H42BrNO4. The van der Waals surface area contributed by atoms with Crippen molar-refractivity contribution < 1.29 is 19.7 Å². The van der Waals surface area contributed by atoms with Gasteiger partial charge in [-0.05, 0) is 92.2 Å². The molecule has 2 N–H and O–H groups in total. The van der Waals surface area contributed by atoms with Gasteiger partial charge in [0.05, 0.1) is 12.6 Å². The monoisotopic (exact) mass is 595 g/mol. The van der Waals surface area contributed by atoms with E-state index in [9.17, 15) is 15.0 Å². The lowest BCUT2D eigenvalue weighted by atomic mass is 9.89. The van der Waals surface area contributed by atoms with Crippen LogP contribution in [0.5, 0.6) is 5.75 Å². The number of aliphatic hydroxyl groups is 1. The minimum Gasteiger partial charge on any atom is -0.508 e. The van der Waals surface area contributed by atoms with E-state index in [2.05, 4.69) is 22.0 Å². The highest BCUT2D eigenvalue weighted by molar-refractivity contribution is 9.11. The summed E-state index contributed by atoms with van der Waals surface area (Å²) < 4.78 is 6.93. The Balaban J connectivity index is 1.10. The quantitative estimate of drug-likeness (QED) is 0.269. The van der Waals surface area contributed by atoms with E-state index in [1.807, 2.05) is 36.4 Å². The molecule has 6 heteroatoms. The third-order valence-electron chi connectivity index (χ3n) is 9.29. The van der Waals surface area contributed by atoms with E-state index in [0.29, 0.717) is 42.5 Å². The van der Waals surface area contributed by atoms with Crippen molar-refractivity contribution in [3.8, 4) is 5.75 Å². The summed E-state index contributed by atoms with van der Waals surface area (Å²) in [5.74, 6) is 3.11. The summed E-state index contributed by atoms with van der Waals surface area (Å²) in [6, 6.07) is 16.7. The van der Waals surface area contributed by atoms with Gasteiger partial charge in [-0.1, -0.05) is 71.2 Å². The van der Waals surface area contributed by atoms with Gasteiger partial charge in [-0.25, -0.2) is 0 Å². The van der Waals surface area contributed by atoms with Crippen molar-refractivity contribution in [2.45, 2.75) is 70.4 Å². The van der Waals surface area contributed by atoms with Crippen LogP contribution in [0.4, 0.5) is 5.69 Å². The number of aliphatic hydroxyl groups excluding tert-OH is 1. The summed E-state index contributed by atoms with van der Waals surface area (Å²) >= 11 is 3.73. The molecule has 0 aromatic heterocycles. The Hall–Kier alpha value is -2.15. The highest BCUT2D eigenvalue weighted by Gasteiger charge is 2.42. The Kier molecular flexibility index (Phi) is 9.80. The van der Waals surface area contributed by atoms with Gasteiger partial charge in [0, 0.05) is 22.8 Å². The average molecular weight is 597 g/mol. The molecule has 2 aromatic carbocycles. The van der Waals surface area contributed by atoms with Gasteiger partial charge in [0.1, 0.15) is 12.4 Å². The minimum absolute atomic E-state index is 0.0272. The Labute approximate surface area is 241 Å². The largest absolute Gasteiger partial charge is 0.508 e. The molecule has 0 radical (unpaired) electrons. The number of phenols is 1. The van der Waals surface area contributed by atoms with E-state index in [1.165, 1.54) is 38.5 Å². The molecule has 0 bridgehead atoms. The molecule has 5 rings (SSSR count). The zero-order valence-electron chi connectivity index (χ0n) is 22.8. The molecule has 0 heterocycles. The van der Waals surface area contributed by atoms with Crippen LogP contribution in [-0.4, -0.2) is 35.4 Å². The third-order valence-corrected chi connectivity index (χ3v) is 10.0. The highest BCUT2D eigenvalue weighted by Crippen LogP contribution is 2.52. The van der Waals surface area contributed by atoms with Crippen molar-refractivity contribution in [2.24, 2.45) is 29.6 Å². The molecule has 1 unspecified atom stereocenters. The Morgan fingerprint density at radius 2 is 1.85 bits per heavy atom. The fourth-order valence-corrected chi connectivity index (χ4v) is 7.95. The summed E-state index contributed by atoms with van der Waals surface area (Å²) in [6.45, 7) is 1.04. The number of rotatable bonds is 11. The van der Waals surface area contributed by atoms with Crippen LogP contribution in [0.1, 0.15) is 63.4 Å². The van der Waals surface area contributed by atoms with Crippen LogP contribution in [0, 0.1) is 29.6 Å². The van der Waals surface area contributed by atoms with Crippen LogP contribution in [0.2, 0.25) is 0 Å². The maximum absolute atomic E-state index is 13.2. The smallest absolute Gasteiger partial charge is 0.253 e. The van der Waals surface area contributed by atoms with E-state index in [1.54, 1.807) is 23.1 Å². The van der Waals surface area contributed by atoms with Gasteiger partial charge < -0.3 is 19.8 Å². The number of halogens is 1. The summed E-state index contributed by atoms with van der Waals surface area (Å²) in [6.07, 6.45) is 12.7. The first kappa shape index (κ1) is 28.4. The van der Waals surface area contributed by atoms with E-state index >= 15 is 0 Å². The van der Waals surface area contributed by atoms with Crippen molar-refractivity contribution in [3.05, 3.63) is 70.7 Å². The van der Waals surface area contributed by atoms with E-state index in [4.69, 9.17) is 4.74 Å². The molecule has 3 aliphatic rings. The number of hydrogen-bond donors (Lipinski definition) is 2. The molecule has 3 fully saturated rings. The number of phenolic OH excluding ortho intramolecular Hbond substituents is 1. The highest BCUT2D eigenvalue weighted by atomic mass is 79.9. The molecule has 2 aromatic rings. The number of carbonyl (C=O) groups excluding carboxylic acids is 1. The Morgan fingerprint density at radius 3 is 2.62 bits per heavy atom. The van der Waals surface area contributed by atoms with Gasteiger partial charge >= 0.3 is 0 Å². The second kappa shape index (κ2) is 13.5. The van der Waals surface area contributed by atoms with Crippen molar-refractivity contribution >= 4 is 27.5 Å². The van der Waals surface area contributed by atoms with E-state index in [-0.39, 0.29) is 24.4 Å². The van der Waals surface area contributed by atoms with E-state index in [0.717, 1.165) is 35.2 Å². The van der Waals surface area contributed by atoms with E-state index < -0.39 is 0 Å². The van der Waals surface area contributed by atoms with Crippen LogP contribution in [0.15, 0.2) is 65.2 Å². The molecule has 210 valence electrons. The molecule has 1 amide bonds. The Morgan fingerprint density at radius 1 is 1.05 bits per heavy atom. The molecular weight excluding hydrogens is 554 g/mol. The lowest BCUT2D eigenvalue weighted by Gasteiger charge is -2.23. The number of fused-ring (bicyclic) bond motifs is 1. The number of aromatic hydroxyl groups is 1. The summed E-state index contributed by atoms with van der Waals surface area (Å²) in [5.41, 5.74) is 1.69. The normalized spacial score (nSPS) is 26.1. The number of ether oxygens (including phenoxy) is 1. The van der Waals surface area contributed by atoms with Crippen LogP contribution in [-0.2, 0) is 16.1 Å². The number of carbonyl (C=O) groups is 1. The number of hydrogen-bond acceptors (Lipinski definition) is 4. The van der Waals surface area contributed by atoms with Gasteiger partial charge in [0.15, 0.2) is 0 Å². The maximum atomic E-state index is 13.2. The molecule has 5 nitrogen and oxygen atoms in total. The predicted octanol–water partition coefficient (Wildman–Crippen LogP) is 7.21. The molecule has 5 atom stereocenters. The molecule has 0 aliphatic heterocycles. The summed E-state index contributed by atoms with van der Waals surface area (Å²) in [4.78, 5) is 14.9. The lowest BCUT2D eigenvalue weighted by Crippen LogP contribution is -2.33. The van der Waals surface area contributed by atoms with Crippen LogP contribution in [0.3, 0.4) is 0 Å². The second-order valence-corrected chi connectivity index (χ2v) is 12.8. The molecule has 0 spiro atoms. The molecule has 3 aliphatic carbocycles. The van der Waals surface area contributed by atoms with Crippen molar-refractivity contribution in [3.63, 3.8) is 0 Å². The standard InChI is InChI=1S/C33H42BrNO4/c34-31(33(38)25-9-4-5-10-25)19-27-14-13-26-17-24(18-30(26)27)15-16-39-22-32(37)35(21-23-7-2-1-3-8-23)28-11-6-12-29(36)20-28/h1-3,6-8,11-12,19-20,24-27,30,33,36,38H,4-5,9-10,13-18,21-22H2/t24?,26-,27+,30-,33-/m1/s1. The maximum Gasteiger partial charge on any atom is 0.253 e. The average Bonchev–Trinajstić information content (AvgIpc) is 3.69. The number of allylic oxidation sites excluding steroid dienone is 1. The SMILES string of the molecule is O=C(COCCC1C[C@H]2CC[C@@H](C=C(Br)[C@H](O)C3CCCC3)[C@@H]2C1)N(Cc1ccccc1)c1cccc(O)c1. The number of nitrogens with zero attached hydrogens (tertiary/aromatic N) is 1. The number of anilines is 1. The predicted molar refractivity (Wildman–Crippen MR) is 159 cm³/mol. The third kappa shape index (κ3) is 7.33. The summed E-state index contributed by atoms with van der Waals surface area (Å²) in [7, 11) is 0. The lowest BCUT2D eigenvalue weighted by molar-refractivity contribution is -0.123. The summed E-state index contributed by atoms with van der Waals surface area (Å²) in [5, 5.41) is 20.8. The van der Waals surface area contributed by atoms with Crippen LogP contribution >= 0.6 is 15.9 Å². The van der Waals surface area contributed by atoms with Gasteiger partial charge in [0.2, 0.25) is 0 Å². The van der Waals surface area contributed by atoms with Gasteiger partial charge in [-0.15, -0.1) is 0 Å². The van der Waals surface area contributed by atoms with Gasteiger partial charge in [0.25, 0.3) is 5.91 Å². The minimum atomic E-state index is -0.337. The number of amides is 1.